The Morgan fingerprint density at radius 2 is 2.10 bits per heavy atom. The zero-order valence-electron chi connectivity index (χ0n) is 12.0. The average Bonchev–Trinajstić information content (AvgIpc) is 2.91. The first-order chi connectivity index (χ1) is 10.1. The summed E-state index contributed by atoms with van der Waals surface area (Å²) < 4.78 is 6.93. The topological polar surface area (TPSA) is 21.3 Å². The highest BCUT2D eigenvalue weighted by Gasteiger charge is 2.23. The zero-order valence-corrected chi connectivity index (χ0v) is 14.4. The third kappa shape index (κ3) is 2.83. The fourth-order valence-corrected chi connectivity index (χ4v) is 3.51. The van der Waals surface area contributed by atoms with E-state index in [4.69, 9.17) is 16.3 Å². The molecule has 2 aromatic rings. The molecule has 1 aliphatic rings. The SMILES string of the molecule is CNC(c1ccc(C)c(Cl)c1)c1cc(Br)cc2c1OCC2. The van der Waals surface area contributed by atoms with Crippen LogP contribution >= 0.6 is 27.5 Å². The van der Waals surface area contributed by atoms with Gasteiger partial charge in [0.15, 0.2) is 0 Å². The van der Waals surface area contributed by atoms with Gasteiger partial charge >= 0.3 is 0 Å². The van der Waals surface area contributed by atoms with Crippen molar-refractivity contribution in [2.75, 3.05) is 13.7 Å². The van der Waals surface area contributed by atoms with Crippen LogP contribution in [-0.4, -0.2) is 13.7 Å². The van der Waals surface area contributed by atoms with Crippen molar-refractivity contribution in [1.29, 1.82) is 0 Å². The molecule has 0 amide bonds. The Hall–Kier alpha value is -1.03. The predicted octanol–water partition coefficient (Wildman–Crippen LogP) is 4.65. The Balaban J connectivity index is 2.10. The summed E-state index contributed by atoms with van der Waals surface area (Å²) >= 11 is 9.89. The molecule has 1 heterocycles. The van der Waals surface area contributed by atoms with Gasteiger partial charge in [-0.15, -0.1) is 0 Å². The maximum absolute atomic E-state index is 6.28. The van der Waals surface area contributed by atoms with Gasteiger partial charge in [0, 0.05) is 21.5 Å². The molecule has 2 aromatic carbocycles. The molecule has 0 aromatic heterocycles. The summed E-state index contributed by atoms with van der Waals surface area (Å²) in [5.41, 5.74) is 4.65. The van der Waals surface area contributed by atoms with Gasteiger partial charge in [0.1, 0.15) is 5.75 Å². The Labute approximate surface area is 138 Å². The monoisotopic (exact) mass is 365 g/mol. The third-order valence-corrected chi connectivity index (χ3v) is 4.77. The number of hydrogen-bond acceptors (Lipinski definition) is 2. The Bertz CT molecular complexity index is 687. The number of halogens is 2. The standard InChI is InChI=1S/C17H17BrClNO/c1-10-3-4-11(8-15(10)19)16(20-2)14-9-13(18)7-12-5-6-21-17(12)14/h3-4,7-9,16,20H,5-6H2,1-2H3. The molecule has 0 aliphatic carbocycles. The van der Waals surface area contributed by atoms with Gasteiger partial charge < -0.3 is 10.1 Å². The normalized spacial score (nSPS) is 14.7. The maximum atomic E-state index is 6.28. The number of benzene rings is 2. The van der Waals surface area contributed by atoms with Gasteiger partial charge in [0.25, 0.3) is 0 Å². The van der Waals surface area contributed by atoms with Crippen LogP contribution in [0.3, 0.4) is 0 Å². The molecule has 110 valence electrons. The van der Waals surface area contributed by atoms with Crippen molar-refractivity contribution < 1.29 is 4.74 Å². The number of ether oxygens (including phenoxy) is 1. The second-order valence-corrected chi connectivity index (χ2v) is 6.63. The van der Waals surface area contributed by atoms with E-state index in [-0.39, 0.29) is 6.04 Å². The molecule has 1 aliphatic heterocycles. The highest BCUT2D eigenvalue weighted by molar-refractivity contribution is 9.10. The number of rotatable bonds is 3. The summed E-state index contributed by atoms with van der Waals surface area (Å²) in [4.78, 5) is 0. The molecule has 2 nitrogen and oxygen atoms in total. The molecular weight excluding hydrogens is 350 g/mol. The molecule has 4 heteroatoms. The van der Waals surface area contributed by atoms with Crippen molar-refractivity contribution in [3.05, 3.63) is 62.1 Å². The van der Waals surface area contributed by atoms with Gasteiger partial charge in [-0.1, -0.05) is 39.7 Å². The first-order valence-electron chi connectivity index (χ1n) is 6.98. The molecular formula is C17H17BrClNO. The summed E-state index contributed by atoms with van der Waals surface area (Å²) in [7, 11) is 1.96. The zero-order chi connectivity index (χ0) is 15.0. The average molecular weight is 367 g/mol. The molecule has 0 bridgehead atoms. The highest BCUT2D eigenvalue weighted by atomic mass is 79.9. The van der Waals surface area contributed by atoms with Gasteiger partial charge in [-0.3, -0.25) is 0 Å². The van der Waals surface area contributed by atoms with Crippen molar-refractivity contribution in [2.24, 2.45) is 0 Å². The van der Waals surface area contributed by atoms with E-state index in [0.29, 0.717) is 0 Å². The van der Waals surface area contributed by atoms with Crippen LogP contribution in [0.15, 0.2) is 34.8 Å². The van der Waals surface area contributed by atoms with E-state index in [9.17, 15) is 0 Å². The summed E-state index contributed by atoms with van der Waals surface area (Å²) in [6, 6.07) is 10.5. The van der Waals surface area contributed by atoms with E-state index in [1.807, 2.05) is 20.0 Å². The van der Waals surface area contributed by atoms with Crippen LogP contribution in [0, 0.1) is 6.92 Å². The molecule has 0 saturated heterocycles. The maximum Gasteiger partial charge on any atom is 0.127 e. The minimum atomic E-state index is 0.0625. The number of hydrogen-bond donors (Lipinski definition) is 1. The van der Waals surface area contributed by atoms with Gasteiger partial charge in [-0.2, -0.15) is 0 Å². The van der Waals surface area contributed by atoms with Gasteiger partial charge in [-0.05, 0) is 48.9 Å². The van der Waals surface area contributed by atoms with E-state index in [1.54, 1.807) is 0 Å². The Morgan fingerprint density at radius 1 is 1.29 bits per heavy atom. The summed E-state index contributed by atoms with van der Waals surface area (Å²) in [5, 5.41) is 4.17. The molecule has 0 spiro atoms. The van der Waals surface area contributed by atoms with Crippen molar-refractivity contribution in [2.45, 2.75) is 19.4 Å². The fraction of sp³-hybridized carbons (Fsp3) is 0.294. The lowest BCUT2D eigenvalue weighted by Crippen LogP contribution is -2.18. The summed E-state index contributed by atoms with van der Waals surface area (Å²) in [6.45, 7) is 2.77. The van der Waals surface area contributed by atoms with Gasteiger partial charge in [-0.25, -0.2) is 0 Å². The lowest BCUT2D eigenvalue weighted by atomic mass is 9.95. The highest BCUT2D eigenvalue weighted by Crippen LogP contribution is 2.39. The van der Waals surface area contributed by atoms with Crippen molar-refractivity contribution in [3.8, 4) is 5.75 Å². The molecule has 1 unspecified atom stereocenters. The Morgan fingerprint density at radius 3 is 2.81 bits per heavy atom. The van der Waals surface area contributed by atoms with Crippen LogP contribution < -0.4 is 10.1 Å². The molecule has 1 atom stereocenters. The molecule has 0 saturated carbocycles. The van der Waals surface area contributed by atoms with Crippen LogP contribution in [0.2, 0.25) is 5.02 Å². The van der Waals surface area contributed by atoms with Crippen molar-refractivity contribution in [3.63, 3.8) is 0 Å². The van der Waals surface area contributed by atoms with Gasteiger partial charge in [0.05, 0.1) is 12.6 Å². The van der Waals surface area contributed by atoms with E-state index >= 15 is 0 Å². The van der Waals surface area contributed by atoms with Crippen LogP contribution in [0.5, 0.6) is 5.75 Å². The summed E-state index contributed by atoms with van der Waals surface area (Å²) in [5.74, 6) is 1.01. The van der Waals surface area contributed by atoms with E-state index in [1.165, 1.54) is 5.56 Å². The largest absolute Gasteiger partial charge is 0.493 e. The van der Waals surface area contributed by atoms with Crippen molar-refractivity contribution >= 4 is 27.5 Å². The number of nitrogens with one attached hydrogen (secondary N) is 1. The predicted molar refractivity (Wildman–Crippen MR) is 90.4 cm³/mol. The smallest absolute Gasteiger partial charge is 0.127 e. The minimum Gasteiger partial charge on any atom is -0.493 e. The Kier molecular flexibility index (Phi) is 4.25. The lowest BCUT2D eigenvalue weighted by molar-refractivity contribution is 0.351. The van der Waals surface area contributed by atoms with E-state index in [2.05, 4.69) is 45.5 Å². The first-order valence-corrected chi connectivity index (χ1v) is 8.15. The third-order valence-electron chi connectivity index (χ3n) is 3.91. The summed E-state index contributed by atoms with van der Waals surface area (Å²) in [6.07, 6.45) is 0.965. The number of aryl methyl sites for hydroxylation is 1. The van der Waals surface area contributed by atoms with Crippen LogP contribution in [0.4, 0.5) is 0 Å². The van der Waals surface area contributed by atoms with Crippen LogP contribution in [0.1, 0.15) is 28.3 Å². The lowest BCUT2D eigenvalue weighted by Gasteiger charge is -2.21. The molecule has 21 heavy (non-hydrogen) atoms. The molecule has 0 radical (unpaired) electrons. The fourth-order valence-electron chi connectivity index (χ4n) is 2.80. The minimum absolute atomic E-state index is 0.0625. The molecule has 0 fully saturated rings. The molecule has 3 rings (SSSR count). The first kappa shape index (κ1) is 14.9. The second kappa shape index (κ2) is 5.99. The van der Waals surface area contributed by atoms with E-state index < -0.39 is 0 Å². The van der Waals surface area contributed by atoms with Crippen LogP contribution in [0.25, 0.3) is 0 Å². The molecule has 1 N–H and O–H groups in total. The quantitative estimate of drug-likeness (QED) is 0.853. The number of fused-ring (bicyclic) bond motifs is 1. The van der Waals surface area contributed by atoms with Gasteiger partial charge in [0.2, 0.25) is 0 Å². The van der Waals surface area contributed by atoms with Crippen LogP contribution in [-0.2, 0) is 6.42 Å². The van der Waals surface area contributed by atoms with Crippen molar-refractivity contribution in [1.82, 2.24) is 5.32 Å². The second-order valence-electron chi connectivity index (χ2n) is 5.31. The van der Waals surface area contributed by atoms with E-state index in [0.717, 1.165) is 45.0 Å².